The maximum atomic E-state index is 5.78. The second kappa shape index (κ2) is 3.43. The first-order chi connectivity index (χ1) is 7.75. The minimum Gasteiger partial charge on any atom is -0.382 e. The normalized spacial score (nSPS) is 25.3. The predicted octanol–water partition coefficient (Wildman–Crippen LogP) is 1.84. The zero-order valence-corrected chi connectivity index (χ0v) is 9.27. The molecular weight excluding hydrogens is 202 g/mol. The summed E-state index contributed by atoms with van der Waals surface area (Å²) in [6, 6.07) is 0. The summed E-state index contributed by atoms with van der Waals surface area (Å²) in [6.45, 7) is 2.28. The van der Waals surface area contributed by atoms with Gasteiger partial charge in [-0.2, -0.15) is 0 Å². The zero-order chi connectivity index (χ0) is 11.1. The molecule has 16 heavy (non-hydrogen) atoms. The SMILES string of the molecule is CC1CCCC1c1nc2ncnc(N)c2[nH]1. The van der Waals surface area contributed by atoms with Gasteiger partial charge in [0.2, 0.25) is 0 Å². The van der Waals surface area contributed by atoms with E-state index in [1.54, 1.807) is 0 Å². The van der Waals surface area contributed by atoms with E-state index in [1.807, 2.05) is 0 Å². The third-order valence-electron chi connectivity index (χ3n) is 3.55. The highest BCUT2D eigenvalue weighted by molar-refractivity contribution is 5.81. The van der Waals surface area contributed by atoms with Crippen LogP contribution in [0.25, 0.3) is 11.2 Å². The van der Waals surface area contributed by atoms with Crippen LogP contribution in [0.1, 0.15) is 37.9 Å². The average molecular weight is 217 g/mol. The van der Waals surface area contributed by atoms with Crippen LogP contribution in [0.15, 0.2) is 6.33 Å². The zero-order valence-electron chi connectivity index (χ0n) is 9.27. The molecule has 0 spiro atoms. The van der Waals surface area contributed by atoms with Crippen LogP contribution < -0.4 is 5.73 Å². The standard InChI is InChI=1S/C11H15N5/c1-6-3-2-4-7(6)10-15-8-9(12)13-5-14-11(8)16-10/h5-7H,2-4H2,1H3,(H3,12,13,14,15,16). The van der Waals surface area contributed by atoms with Crippen LogP contribution in [0.5, 0.6) is 0 Å². The van der Waals surface area contributed by atoms with Crippen molar-refractivity contribution in [3.05, 3.63) is 12.2 Å². The first-order valence-electron chi connectivity index (χ1n) is 5.72. The number of rotatable bonds is 1. The van der Waals surface area contributed by atoms with Gasteiger partial charge in [-0.15, -0.1) is 0 Å². The Bertz CT molecular complexity index is 518. The molecule has 2 atom stereocenters. The molecule has 5 nitrogen and oxygen atoms in total. The van der Waals surface area contributed by atoms with Crippen molar-refractivity contribution in [2.75, 3.05) is 5.73 Å². The third-order valence-corrected chi connectivity index (χ3v) is 3.55. The third kappa shape index (κ3) is 1.35. The van der Waals surface area contributed by atoms with Crippen LogP contribution in [-0.2, 0) is 0 Å². The van der Waals surface area contributed by atoms with Gasteiger partial charge in [-0.25, -0.2) is 15.0 Å². The number of anilines is 1. The average Bonchev–Trinajstić information content (AvgIpc) is 2.84. The molecule has 84 valence electrons. The molecule has 3 rings (SSSR count). The van der Waals surface area contributed by atoms with E-state index in [2.05, 4.69) is 26.9 Å². The number of nitrogens with one attached hydrogen (secondary N) is 1. The Labute approximate surface area is 93.5 Å². The van der Waals surface area contributed by atoms with Crippen molar-refractivity contribution >= 4 is 17.0 Å². The Kier molecular flexibility index (Phi) is 2.05. The Balaban J connectivity index is 2.08. The quantitative estimate of drug-likeness (QED) is 0.763. The van der Waals surface area contributed by atoms with Crippen molar-refractivity contribution in [1.82, 2.24) is 19.9 Å². The highest BCUT2D eigenvalue weighted by atomic mass is 15.0. The lowest BCUT2D eigenvalue weighted by Gasteiger charge is -2.11. The molecule has 0 aromatic carbocycles. The number of hydrogen-bond acceptors (Lipinski definition) is 4. The molecule has 0 amide bonds. The fraction of sp³-hybridized carbons (Fsp3) is 0.545. The highest BCUT2D eigenvalue weighted by Gasteiger charge is 2.27. The van der Waals surface area contributed by atoms with E-state index in [4.69, 9.17) is 5.73 Å². The highest BCUT2D eigenvalue weighted by Crippen LogP contribution is 2.38. The van der Waals surface area contributed by atoms with Gasteiger partial charge in [-0.3, -0.25) is 0 Å². The van der Waals surface area contributed by atoms with Gasteiger partial charge in [0.1, 0.15) is 17.7 Å². The number of aromatic nitrogens is 4. The van der Waals surface area contributed by atoms with E-state index in [0.29, 0.717) is 23.3 Å². The van der Waals surface area contributed by atoms with Crippen molar-refractivity contribution in [3.63, 3.8) is 0 Å². The van der Waals surface area contributed by atoms with Gasteiger partial charge in [-0.1, -0.05) is 13.3 Å². The fourth-order valence-electron chi connectivity index (χ4n) is 2.59. The number of nitrogens with two attached hydrogens (primary N) is 1. The smallest absolute Gasteiger partial charge is 0.183 e. The second-order valence-corrected chi connectivity index (χ2v) is 4.59. The van der Waals surface area contributed by atoms with E-state index in [9.17, 15) is 0 Å². The molecule has 2 aromatic heterocycles. The maximum Gasteiger partial charge on any atom is 0.183 e. The summed E-state index contributed by atoms with van der Waals surface area (Å²) in [5, 5.41) is 0. The topological polar surface area (TPSA) is 80.5 Å². The van der Waals surface area contributed by atoms with Crippen molar-refractivity contribution in [2.45, 2.75) is 32.1 Å². The Morgan fingerprint density at radius 3 is 2.94 bits per heavy atom. The Morgan fingerprint density at radius 1 is 1.38 bits per heavy atom. The van der Waals surface area contributed by atoms with Crippen LogP contribution in [-0.4, -0.2) is 19.9 Å². The van der Waals surface area contributed by atoms with Gasteiger partial charge < -0.3 is 10.7 Å². The molecule has 5 heteroatoms. The van der Waals surface area contributed by atoms with E-state index < -0.39 is 0 Å². The van der Waals surface area contributed by atoms with Gasteiger partial charge in [0.25, 0.3) is 0 Å². The molecule has 0 bridgehead atoms. The number of H-pyrrole nitrogens is 1. The van der Waals surface area contributed by atoms with Gasteiger partial charge in [0, 0.05) is 5.92 Å². The molecule has 1 saturated carbocycles. The molecule has 0 aliphatic heterocycles. The summed E-state index contributed by atoms with van der Waals surface area (Å²) in [5.74, 6) is 2.71. The molecule has 2 heterocycles. The first-order valence-corrected chi connectivity index (χ1v) is 5.72. The molecule has 1 aliphatic rings. The van der Waals surface area contributed by atoms with Crippen LogP contribution >= 0.6 is 0 Å². The Hall–Kier alpha value is -1.65. The fourth-order valence-corrected chi connectivity index (χ4v) is 2.59. The number of hydrogen-bond donors (Lipinski definition) is 2. The molecule has 1 aliphatic carbocycles. The Morgan fingerprint density at radius 2 is 2.25 bits per heavy atom. The molecular formula is C11H15N5. The number of nitrogens with zero attached hydrogens (tertiary/aromatic N) is 3. The van der Waals surface area contributed by atoms with Crippen molar-refractivity contribution in [1.29, 1.82) is 0 Å². The van der Waals surface area contributed by atoms with E-state index in [0.717, 1.165) is 11.3 Å². The van der Waals surface area contributed by atoms with E-state index in [1.165, 1.54) is 25.6 Å². The molecule has 0 radical (unpaired) electrons. The lowest BCUT2D eigenvalue weighted by atomic mass is 9.98. The lowest BCUT2D eigenvalue weighted by molar-refractivity contribution is 0.514. The van der Waals surface area contributed by atoms with Crippen molar-refractivity contribution in [3.8, 4) is 0 Å². The summed E-state index contributed by atoms with van der Waals surface area (Å²) in [6.07, 6.45) is 5.22. The number of nitrogen functional groups attached to an aromatic ring is 1. The van der Waals surface area contributed by atoms with Crippen LogP contribution in [0.2, 0.25) is 0 Å². The second-order valence-electron chi connectivity index (χ2n) is 4.59. The van der Waals surface area contributed by atoms with Gasteiger partial charge in [0.15, 0.2) is 11.5 Å². The minimum absolute atomic E-state index is 0.481. The largest absolute Gasteiger partial charge is 0.382 e. The summed E-state index contributed by atoms with van der Waals surface area (Å²) in [5.41, 5.74) is 7.24. The van der Waals surface area contributed by atoms with Gasteiger partial charge >= 0.3 is 0 Å². The first kappa shape index (κ1) is 9.57. The molecule has 3 N–H and O–H groups in total. The summed E-state index contributed by atoms with van der Waals surface area (Å²) < 4.78 is 0. The predicted molar refractivity (Wildman–Crippen MR) is 61.9 cm³/mol. The molecule has 2 unspecified atom stereocenters. The molecule has 2 aromatic rings. The number of aromatic amines is 1. The molecule has 1 fully saturated rings. The van der Waals surface area contributed by atoms with E-state index >= 15 is 0 Å². The summed E-state index contributed by atoms with van der Waals surface area (Å²) in [7, 11) is 0. The lowest BCUT2D eigenvalue weighted by Crippen LogP contribution is -2.03. The summed E-state index contributed by atoms with van der Waals surface area (Å²) in [4.78, 5) is 15.9. The minimum atomic E-state index is 0.481. The monoisotopic (exact) mass is 217 g/mol. The van der Waals surface area contributed by atoms with Gasteiger partial charge in [0.05, 0.1) is 0 Å². The van der Waals surface area contributed by atoms with Crippen LogP contribution in [0.3, 0.4) is 0 Å². The van der Waals surface area contributed by atoms with Crippen molar-refractivity contribution < 1.29 is 0 Å². The van der Waals surface area contributed by atoms with Gasteiger partial charge in [-0.05, 0) is 18.8 Å². The van der Waals surface area contributed by atoms with Crippen LogP contribution in [0.4, 0.5) is 5.82 Å². The van der Waals surface area contributed by atoms with Crippen molar-refractivity contribution in [2.24, 2.45) is 5.92 Å². The number of imidazole rings is 1. The maximum absolute atomic E-state index is 5.78. The van der Waals surface area contributed by atoms with E-state index in [-0.39, 0.29) is 0 Å². The summed E-state index contributed by atoms with van der Waals surface area (Å²) >= 11 is 0. The number of fused-ring (bicyclic) bond motifs is 1. The van der Waals surface area contributed by atoms with Crippen LogP contribution in [0, 0.1) is 5.92 Å². The molecule has 0 saturated heterocycles.